The van der Waals surface area contributed by atoms with Crippen LogP contribution in [0.15, 0.2) is 27.1 Å². The van der Waals surface area contributed by atoms with Crippen LogP contribution < -0.4 is 5.32 Å². The smallest absolute Gasteiger partial charge is 0.186 e. The van der Waals surface area contributed by atoms with E-state index in [0.717, 1.165) is 14.5 Å². The van der Waals surface area contributed by atoms with Crippen LogP contribution in [0.25, 0.3) is 11.4 Å². The lowest BCUT2D eigenvalue weighted by molar-refractivity contribution is 0.606. The number of anilines is 1. The Bertz CT molecular complexity index is 617. The van der Waals surface area contributed by atoms with Gasteiger partial charge in [-0.3, -0.25) is 0 Å². The Morgan fingerprint density at radius 2 is 1.95 bits per heavy atom. The molecule has 0 fully saturated rings. The highest BCUT2D eigenvalue weighted by Gasteiger charge is 2.12. The summed E-state index contributed by atoms with van der Waals surface area (Å²) >= 11 is 6.84. The molecular formula is C13H12Br2FN3. The molecule has 0 aliphatic carbocycles. The average molecular weight is 389 g/mol. The maximum Gasteiger partial charge on any atom is 0.186 e. The van der Waals surface area contributed by atoms with Crippen LogP contribution in [0.3, 0.4) is 0 Å². The molecule has 1 N–H and O–H groups in total. The Balaban J connectivity index is 2.52. The SMILES string of the molecule is CCNc1nc(-c2ccc(Br)c(Br)c2)nc(C)c1F. The largest absolute Gasteiger partial charge is 0.368 e. The van der Waals surface area contributed by atoms with Crippen molar-refractivity contribution >= 4 is 37.7 Å². The van der Waals surface area contributed by atoms with Crippen LogP contribution in [-0.2, 0) is 0 Å². The van der Waals surface area contributed by atoms with Gasteiger partial charge in [-0.05, 0) is 63.9 Å². The van der Waals surface area contributed by atoms with E-state index in [0.29, 0.717) is 18.1 Å². The Kier molecular flexibility index (Phi) is 4.52. The van der Waals surface area contributed by atoms with E-state index in [1.807, 2.05) is 25.1 Å². The third-order valence-corrected chi connectivity index (χ3v) is 4.42. The van der Waals surface area contributed by atoms with Crippen LogP contribution >= 0.6 is 31.9 Å². The molecule has 0 unspecified atom stereocenters. The maximum absolute atomic E-state index is 13.8. The molecule has 0 aliphatic rings. The Hall–Kier alpha value is -1.01. The zero-order valence-electron chi connectivity index (χ0n) is 10.5. The summed E-state index contributed by atoms with van der Waals surface area (Å²) < 4.78 is 15.7. The molecule has 19 heavy (non-hydrogen) atoms. The zero-order valence-corrected chi connectivity index (χ0v) is 13.6. The molecule has 3 nitrogen and oxygen atoms in total. The number of halogens is 3. The summed E-state index contributed by atoms with van der Waals surface area (Å²) in [6, 6.07) is 5.68. The number of hydrogen-bond acceptors (Lipinski definition) is 3. The minimum Gasteiger partial charge on any atom is -0.368 e. The van der Waals surface area contributed by atoms with Crippen molar-refractivity contribution in [3.63, 3.8) is 0 Å². The molecule has 0 radical (unpaired) electrons. The number of aryl methyl sites for hydroxylation is 1. The highest BCUT2D eigenvalue weighted by molar-refractivity contribution is 9.13. The van der Waals surface area contributed by atoms with E-state index in [1.165, 1.54) is 0 Å². The minimum atomic E-state index is -0.401. The summed E-state index contributed by atoms with van der Waals surface area (Å²) in [5.41, 5.74) is 1.16. The summed E-state index contributed by atoms with van der Waals surface area (Å²) in [5, 5.41) is 2.91. The highest BCUT2D eigenvalue weighted by atomic mass is 79.9. The molecule has 0 atom stereocenters. The molecule has 0 saturated heterocycles. The quantitative estimate of drug-likeness (QED) is 0.838. The summed E-state index contributed by atoms with van der Waals surface area (Å²) in [6.07, 6.45) is 0. The van der Waals surface area contributed by atoms with E-state index >= 15 is 0 Å². The summed E-state index contributed by atoms with van der Waals surface area (Å²) in [6.45, 7) is 4.14. The molecule has 1 aromatic carbocycles. The van der Waals surface area contributed by atoms with Gasteiger partial charge < -0.3 is 5.32 Å². The van der Waals surface area contributed by atoms with Crippen LogP contribution in [-0.4, -0.2) is 16.5 Å². The van der Waals surface area contributed by atoms with E-state index in [9.17, 15) is 4.39 Å². The Labute approximate surface area is 127 Å². The predicted octanol–water partition coefficient (Wildman–Crippen LogP) is 4.55. The molecule has 2 rings (SSSR count). The molecule has 1 aromatic heterocycles. The minimum absolute atomic E-state index is 0.240. The van der Waals surface area contributed by atoms with Gasteiger partial charge in [-0.15, -0.1) is 0 Å². The summed E-state index contributed by atoms with van der Waals surface area (Å²) in [4.78, 5) is 8.42. The van der Waals surface area contributed by atoms with E-state index in [1.54, 1.807) is 6.92 Å². The predicted molar refractivity (Wildman–Crippen MR) is 81.7 cm³/mol. The van der Waals surface area contributed by atoms with Crippen molar-refractivity contribution in [1.82, 2.24) is 9.97 Å². The molecule has 100 valence electrons. The molecule has 0 spiro atoms. The molecule has 1 heterocycles. The van der Waals surface area contributed by atoms with Gasteiger partial charge in [0.1, 0.15) is 0 Å². The van der Waals surface area contributed by atoms with Crippen LogP contribution in [0, 0.1) is 12.7 Å². The van der Waals surface area contributed by atoms with E-state index in [2.05, 4.69) is 47.1 Å². The number of benzene rings is 1. The molecular weight excluding hydrogens is 377 g/mol. The molecule has 0 amide bonds. The highest BCUT2D eigenvalue weighted by Crippen LogP contribution is 2.28. The fraction of sp³-hybridized carbons (Fsp3) is 0.231. The van der Waals surface area contributed by atoms with Gasteiger partial charge in [-0.1, -0.05) is 0 Å². The number of nitrogens with zero attached hydrogens (tertiary/aromatic N) is 2. The first-order valence-corrected chi connectivity index (χ1v) is 7.35. The topological polar surface area (TPSA) is 37.8 Å². The van der Waals surface area contributed by atoms with Crippen molar-refractivity contribution < 1.29 is 4.39 Å². The van der Waals surface area contributed by atoms with Crippen molar-refractivity contribution in [2.45, 2.75) is 13.8 Å². The summed E-state index contributed by atoms with van der Waals surface area (Å²) in [5.74, 6) is 0.342. The van der Waals surface area contributed by atoms with Gasteiger partial charge in [0.15, 0.2) is 17.5 Å². The van der Waals surface area contributed by atoms with Crippen molar-refractivity contribution in [1.29, 1.82) is 0 Å². The molecule has 2 aromatic rings. The summed E-state index contributed by atoms with van der Waals surface area (Å²) in [7, 11) is 0. The third kappa shape index (κ3) is 3.12. The maximum atomic E-state index is 13.8. The zero-order chi connectivity index (χ0) is 14.0. The van der Waals surface area contributed by atoms with E-state index in [-0.39, 0.29) is 5.82 Å². The fourth-order valence-corrected chi connectivity index (χ4v) is 2.23. The first-order valence-electron chi connectivity index (χ1n) is 5.76. The van der Waals surface area contributed by atoms with Crippen LogP contribution in [0.1, 0.15) is 12.6 Å². The first-order chi connectivity index (χ1) is 9.02. The standard InChI is InChI=1S/C13H12Br2FN3/c1-3-17-13-11(16)7(2)18-12(19-13)8-4-5-9(14)10(15)6-8/h4-6H,3H2,1-2H3,(H,17,18,19). The van der Waals surface area contributed by atoms with Gasteiger partial charge in [0.05, 0.1) is 5.69 Å². The number of nitrogens with one attached hydrogen (secondary N) is 1. The molecule has 0 bridgehead atoms. The third-order valence-electron chi connectivity index (χ3n) is 2.54. The molecule has 6 heteroatoms. The second-order valence-corrected chi connectivity index (χ2v) is 5.66. The van der Waals surface area contributed by atoms with Crippen molar-refractivity contribution in [2.75, 3.05) is 11.9 Å². The van der Waals surface area contributed by atoms with E-state index in [4.69, 9.17) is 0 Å². The van der Waals surface area contributed by atoms with E-state index < -0.39 is 5.82 Å². The number of rotatable bonds is 3. The van der Waals surface area contributed by atoms with Gasteiger partial charge in [-0.2, -0.15) is 0 Å². The van der Waals surface area contributed by atoms with Crippen molar-refractivity contribution in [3.8, 4) is 11.4 Å². The number of hydrogen-bond donors (Lipinski definition) is 1. The fourth-order valence-electron chi connectivity index (χ4n) is 1.61. The van der Waals surface area contributed by atoms with Crippen molar-refractivity contribution in [3.05, 3.63) is 38.7 Å². The normalized spacial score (nSPS) is 10.6. The monoisotopic (exact) mass is 387 g/mol. The average Bonchev–Trinajstić information content (AvgIpc) is 2.38. The lowest BCUT2D eigenvalue weighted by Crippen LogP contribution is -2.06. The Morgan fingerprint density at radius 3 is 2.58 bits per heavy atom. The second kappa shape index (κ2) is 5.96. The van der Waals surface area contributed by atoms with Gasteiger partial charge in [-0.25, -0.2) is 14.4 Å². The van der Waals surface area contributed by atoms with Gasteiger partial charge in [0, 0.05) is 21.1 Å². The lowest BCUT2D eigenvalue weighted by atomic mass is 10.2. The first kappa shape index (κ1) is 14.4. The Morgan fingerprint density at radius 1 is 1.21 bits per heavy atom. The van der Waals surface area contributed by atoms with Crippen LogP contribution in [0.4, 0.5) is 10.2 Å². The lowest BCUT2D eigenvalue weighted by Gasteiger charge is -2.09. The van der Waals surface area contributed by atoms with Crippen LogP contribution in [0.5, 0.6) is 0 Å². The van der Waals surface area contributed by atoms with Gasteiger partial charge in [0.25, 0.3) is 0 Å². The van der Waals surface area contributed by atoms with Gasteiger partial charge in [0.2, 0.25) is 0 Å². The molecule has 0 saturated carbocycles. The van der Waals surface area contributed by atoms with Crippen LogP contribution in [0.2, 0.25) is 0 Å². The molecule has 0 aliphatic heterocycles. The van der Waals surface area contributed by atoms with Gasteiger partial charge >= 0.3 is 0 Å². The van der Waals surface area contributed by atoms with Crippen molar-refractivity contribution in [2.24, 2.45) is 0 Å². The second-order valence-electron chi connectivity index (χ2n) is 3.95. The number of aromatic nitrogens is 2.